The van der Waals surface area contributed by atoms with Crippen molar-refractivity contribution >= 4 is 35.1 Å². The zero-order chi connectivity index (χ0) is 21.9. The summed E-state index contributed by atoms with van der Waals surface area (Å²) in [4.78, 5) is 22.4. The van der Waals surface area contributed by atoms with Crippen LogP contribution in [0.1, 0.15) is 68.8 Å². The van der Waals surface area contributed by atoms with E-state index in [2.05, 4.69) is 32.4 Å². The largest absolute Gasteiger partial charge is 0.382 e. The highest BCUT2D eigenvalue weighted by atomic mass is 35.5. The lowest BCUT2D eigenvalue weighted by atomic mass is 9.91. The Hall–Kier alpha value is -2.13. The molecule has 2 rings (SSSR count). The first-order valence-corrected chi connectivity index (χ1v) is 11.2. The Bertz CT molecular complexity index is 706. The number of unbranched alkanes of at least 4 members (excludes halogenated alkanes) is 3. The van der Waals surface area contributed by atoms with E-state index in [1.165, 1.54) is 58.2 Å². The number of nitrogen functional groups attached to an aromatic ring is 2. The second-order valence-electron chi connectivity index (χ2n) is 7.88. The first-order chi connectivity index (χ1) is 14.4. The summed E-state index contributed by atoms with van der Waals surface area (Å²) in [5.41, 5.74) is 11.0. The molecule has 2 heterocycles. The molecule has 0 aliphatic carbocycles. The van der Waals surface area contributed by atoms with Gasteiger partial charge in [0.25, 0.3) is 5.91 Å². The van der Waals surface area contributed by atoms with Gasteiger partial charge >= 0.3 is 0 Å². The fraction of sp³-hybridized carbons (Fsp3) is 0.700. The smallest absolute Gasteiger partial charge is 0.280 e. The summed E-state index contributed by atoms with van der Waals surface area (Å²) in [6, 6.07) is 0. The van der Waals surface area contributed by atoms with Gasteiger partial charge in [-0.2, -0.15) is 0 Å². The Morgan fingerprint density at radius 1 is 1.17 bits per heavy atom. The quantitative estimate of drug-likeness (QED) is 0.214. The summed E-state index contributed by atoms with van der Waals surface area (Å²) in [6.45, 7) is 6.57. The van der Waals surface area contributed by atoms with Crippen LogP contribution >= 0.6 is 11.6 Å². The standard InChI is InChI=1S/C20H35ClN8O/c1-2-3-6-11-29-12-8-14(9-13-29)7-4-5-10-25-20(24)28-19(30)15-17(22)27-18(23)16(21)26-15/h14H,2-13H2,1H3,(H4,22,23,27)(H3,24,25,28,30). The molecule has 168 valence electrons. The molecule has 0 unspecified atom stereocenters. The number of guanidine groups is 1. The molecule has 1 fully saturated rings. The molecule has 1 aliphatic rings. The number of likely N-dealkylation sites (tertiary alicyclic amines) is 1. The van der Waals surface area contributed by atoms with E-state index < -0.39 is 5.91 Å². The van der Waals surface area contributed by atoms with Gasteiger partial charge in [0.1, 0.15) is 0 Å². The highest BCUT2D eigenvalue weighted by molar-refractivity contribution is 6.31. The molecule has 1 saturated heterocycles. The van der Waals surface area contributed by atoms with E-state index in [4.69, 9.17) is 28.5 Å². The van der Waals surface area contributed by atoms with Crippen molar-refractivity contribution in [3.05, 3.63) is 10.8 Å². The first-order valence-electron chi connectivity index (χ1n) is 10.8. The van der Waals surface area contributed by atoms with Crippen molar-refractivity contribution in [1.29, 1.82) is 5.41 Å². The minimum atomic E-state index is -0.648. The van der Waals surface area contributed by atoms with Crippen molar-refractivity contribution in [3.63, 3.8) is 0 Å². The number of carbonyl (C=O) groups is 1. The second kappa shape index (κ2) is 12.5. The van der Waals surface area contributed by atoms with E-state index in [0.717, 1.165) is 18.8 Å². The first kappa shape index (κ1) is 24.1. The number of aromatic nitrogens is 2. The van der Waals surface area contributed by atoms with Gasteiger partial charge in [-0.1, -0.05) is 44.2 Å². The number of rotatable bonds is 10. The zero-order valence-electron chi connectivity index (χ0n) is 17.8. The molecule has 1 aromatic rings. The number of nitrogens with one attached hydrogen (secondary N) is 3. The maximum Gasteiger partial charge on any atom is 0.280 e. The minimum Gasteiger partial charge on any atom is -0.382 e. The van der Waals surface area contributed by atoms with Gasteiger partial charge in [-0.3, -0.25) is 15.5 Å². The van der Waals surface area contributed by atoms with Crippen molar-refractivity contribution in [3.8, 4) is 0 Å². The van der Waals surface area contributed by atoms with Crippen LogP contribution in [0, 0.1) is 11.3 Å². The van der Waals surface area contributed by atoms with Gasteiger partial charge in [0, 0.05) is 6.54 Å². The third-order valence-electron chi connectivity index (χ3n) is 5.48. The van der Waals surface area contributed by atoms with Crippen LogP contribution in [0.5, 0.6) is 0 Å². The Morgan fingerprint density at radius 2 is 1.90 bits per heavy atom. The summed E-state index contributed by atoms with van der Waals surface area (Å²) in [5.74, 6) is -0.109. The molecule has 0 saturated carbocycles. The topological polar surface area (TPSA) is 146 Å². The van der Waals surface area contributed by atoms with E-state index >= 15 is 0 Å². The maximum atomic E-state index is 12.2. The Kier molecular flexibility index (Phi) is 10.1. The van der Waals surface area contributed by atoms with Gasteiger partial charge in [-0.05, 0) is 51.2 Å². The van der Waals surface area contributed by atoms with Crippen molar-refractivity contribution < 1.29 is 4.79 Å². The molecule has 10 heteroatoms. The molecule has 0 radical (unpaired) electrons. The number of hydrogen-bond donors (Lipinski definition) is 5. The SMILES string of the molecule is CCCCCN1CCC(CCCCNC(=N)NC(=O)c2nc(Cl)c(N)nc2N)CC1. The number of hydrogen-bond acceptors (Lipinski definition) is 7. The zero-order valence-corrected chi connectivity index (χ0v) is 18.6. The van der Waals surface area contributed by atoms with Crippen LogP contribution in [0.15, 0.2) is 0 Å². The molecule has 1 aliphatic heterocycles. The monoisotopic (exact) mass is 438 g/mol. The summed E-state index contributed by atoms with van der Waals surface area (Å²) >= 11 is 5.78. The molecule has 1 aromatic heterocycles. The third kappa shape index (κ3) is 7.95. The number of nitrogens with zero attached hydrogens (tertiary/aromatic N) is 3. The number of anilines is 2. The van der Waals surface area contributed by atoms with E-state index in [0.29, 0.717) is 6.54 Å². The van der Waals surface area contributed by atoms with Crippen LogP contribution in [0.2, 0.25) is 5.15 Å². The molecule has 9 nitrogen and oxygen atoms in total. The van der Waals surface area contributed by atoms with E-state index in [1.54, 1.807) is 0 Å². The Morgan fingerprint density at radius 3 is 2.60 bits per heavy atom. The maximum absolute atomic E-state index is 12.2. The number of nitrogens with two attached hydrogens (primary N) is 2. The number of piperidine rings is 1. The highest BCUT2D eigenvalue weighted by Gasteiger charge is 2.19. The number of halogens is 1. The summed E-state index contributed by atoms with van der Waals surface area (Å²) in [7, 11) is 0. The van der Waals surface area contributed by atoms with E-state index in [9.17, 15) is 4.79 Å². The fourth-order valence-corrected chi connectivity index (χ4v) is 3.81. The average molecular weight is 439 g/mol. The summed E-state index contributed by atoms with van der Waals surface area (Å²) in [5, 5.41) is 13.1. The van der Waals surface area contributed by atoms with Crippen molar-refractivity contribution in [2.75, 3.05) is 37.6 Å². The molecular formula is C20H35ClN8O. The number of amides is 1. The predicted molar refractivity (Wildman–Crippen MR) is 122 cm³/mol. The van der Waals surface area contributed by atoms with Gasteiger partial charge in [0.15, 0.2) is 28.4 Å². The lowest BCUT2D eigenvalue weighted by Gasteiger charge is -2.32. The minimum absolute atomic E-state index is 0.0407. The van der Waals surface area contributed by atoms with Crippen LogP contribution in [-0.4, -0.2) is 52.9 Å². The van der Waals surface area contributed by atoms with Crippen LogP contribution in [0.3, 0.4) is 0 Å². The lowest BCUT2D eigenvalue weighted by molar-refractivity contribution is 0.0971. The molecule has 0 aromatic carbocycles. The highest BCUT2D eigenvalue weighted by Crippen LogP contribution is 2.22. The average Bonchev–Trinajstić information content (AvgIpc) is 2.71. The molecular weight excluding hydrogens is 404 g/mol. The fourth-order valence-electron chi connectivity index (χ4n) is 3.68. The van der Waals surface area contributed by atoms with Gasteiger partial charge in [0.2, 0.25) is 0 Å². The van der Waals surface area contributed by atoms with Crippen molar-refractivity contribution in [2.45, 2.75) is 58.3 Å². The van der Waals surface area contributed by atoms with Crippen LogP contribution in [-0.2, 0) is 0 Å². The third-order valence-corrected chi connectivity index (χ3v) is 5.76. The Labute approximate surface area is 183 Å². The molecule has 7 N–H and O–H groups in total. The normalized spacial score (nSPS) is 15.1. The molecule has 0 bridgehead atoms. The van der Waals surface area contributed by atoms with Gasteiger partial charge in [-0.15, -0.1) is 0 Å². The predicted octanol–water partition coefficient (Wildman–Crippen LogP) is 2.62. The summed E-state index contributed by atoms with van der Waals surface area (Å²) < 4.78 is 0. The number of carbonyl (C=O) groups excluding carboxylic acids is 1. The van der Waals surface area contributed by atoms with E-state index in [-0.39, 0.29) is 28.4 Å². The van der Waals surface area contributed by atoms with Crippen molar-refractivity contribution in [2.24, 2.45) is 5.92 Å². The van der Waals surface area contributed by atoms with Crippen LogP contribution in [0.4, 0.5) is 11.6 Å². The lowest BCUT2D eigenvalue weighted by Crippen LogP contribution is -2.41. The van der Waals surface area contributed by atoms with Crippen LogP contribution in [0.25, 0.3) is 0 Å². The second-order valence-corrected chi connectivity index (χ2v) is 8.24. The van der Waals surface area contributed by atoms with Gasteiger partial charge in [-0.25, -0.2) is 9.97 Å². The van der Waals surface area contributed by atoms with Crippen LogP contribution < -0.4 is 22.1 Å². The van der Waals surface area contributed by atoms with Gasteiger partial charge in [0.05, 0.1) is 0 Å². The molecule has 0 spiro atoms. The van der Waals surface area contributed by atoms with Crippen molar-refractivity contribution in [1.82, 2.24) is 25.5 Å². The van der Waals surface area contributed by atoms with E-state index in [1.807, 2.05) is 0 Å². The molecule has 1 amide bonds. The summed E-state index contributed by atoms with van der Waals surface area (Å²) in [6.07, 6.45) is 9.79. The molecule has 0 atom stereocenters. The van der Waals surface area contributed by atoms with Gasteiger partial charge < -0.3 is 21.7 Å². The molecule has 30 heavy (non-hydrogen) atoms. The Balaban J connectivity index is 1.57.